The highest BCUT2D eigenvalue weighted by Gasteiger charge is 2.29. The van der Waals surface area contributed by atoms with Crippen molar-refractivity contribution in [3.8, 4) is 5.75 Å². The van der Waals surface area contributed by atoms with Crippen LogP contribution in [0.3, 0.4) is 0 Å². The molecule has 0 fully saturated rings. The average molecular weight is 397 g/mol. The summed E-state index contributed by atoms with van der Waals surface area (Å²) in [5, 5.41) is 3.03. The van der Waals surface area contributed by atoms with E-state index in [2.05, 4.69) is 5.32 Å². The van der Waals surface area contributed by atoms with E-state index in [0.29, 0.717) is 13.0 Å². The SMILES string of the molecule is CCC(C)NC(=O)C(CC)N(Cc1ccccc1)C(=O)Cc1ccc(OC)cc1. The molecule has 0 saturated heterocycles. The zero-order valence-corrected chi connectivity index (χ0v) is 17.9. The van der Waals surface area contributed by atoms with E-state index < -0.39 is 6.04 Å². The number of hydrogen-bond acceptors (Lipinski definition) is 3. The van der Waals surface area contributed by atoms with Crippen LogP contribution in [0.2, 0.25) is 0 Å². The molecule has 2 aromatic rings. The molecule has 0 aliphatic heterocycles. The van der Waals surface area contributed by atoms with Crippen LogP contribution in [-0.2, 0) is 22.6 Å². The lowest BCUT2D eigenvalue weighted by Crippen LogP contribution is -2.51. The van der Waals surface area contributed by atoms with Crippen molar-refractivity contribution in [2.75, 3.05) is 7.11 Å². The van der Waals surface area contributed by atoms with Gasteiger partial charge in [0.1, 0.15) is 11.8 Å². The molecule has 5 heteroatoms. The third-order valence-electron chi connectivity index (χ3n) is 5.10. The summed E-state index contributed by atoms with van der Waals surface area (Å²) >= 11 is 0. The molecule has 0 aromatic heterocycles. The molecule has 156 valence electrons. The second-order valence-corrected chi connectivity index (χ2v) is 7.27. The van der Waals surface area contributed by atoms with Crippen molar-refractivity contribution in [2.45, 2.75) is 58.7 Å². The zero-order chi connectivity index (χ0) is 21.2. The molecule has 29 heavy (non-hydrogen) atoms. The van der Waals surface area contributed by atoms with E-state index in [0.717, 1.165) is 23.3 Å². The van der Waals surface area contributed by atoms with Crippen LogP contribution >= 0.6 is 0 Å². The summed E-state index contributed by atoms with van der Waals surface area (Å²) in [4.78, 5) is 27.8. The summed E-state index contributed by atoms with van der Waals surface area (Å²) in [5.74, 6) is 0.590. The van der Waals surface area contributed by atoms with E-state index in [1.165, 1.54) is 0 Å². The van der Waals surface area contributed by atoms with Gasteiger partial charge in [-0.25, -0.2) is 0 Å². The van der Waals surface area contributed by atoms with Gasteiger partial charge >= 0.3 is 0 Å². The van der Waals surface area contributed by atoms with Crippen LogP contribution in [0.15, 0.2) is 54.6 Å². The molecule has 0 aliphatic rings. The van der Waals surface area contributed by atoms with Gasteiger partial charge in [0.2, 0.25) is 11.8 Å². The van der Waals surface area contributed by atoms with E-state index in [-0.39, 0.29) is 24.3 Å². The summed E-state index contributed by atoms with van der Waals surface area (Å²) in [6.07, 6.45) is 1.65. The molecule has 5 nitrogen and oxygen atoms in total. The van der Waals surface area contributed by atoms with Gasteiger partial charge in [-0.05, 0) is 43.0 Å². The van der Waals surface area contributed by atoms with Gasteiger partial charge < -0.3 is 15.0 Å². The smallest absolute Gasteiger partial charge is 0.243 e. The number of rotatable bonds is 10. The van der Waals surface area contributed by atoms with Gasteiger partial charge in [0, 0.05) is 12.6 Å². The maximum Gasteiger partial charge on any atom is 0.243 e. The van der Waals surface area contributed by atoms with Gasteiger partial charge in [0.15, 0.2) is 0 Å². The molecule has 0 radical (unpaired) electrons. The summed E-state index contributed by atoms with van der Waals surface area (Å²) in [6.45, 7) is 6.36. The number of benzene rings is 2. The Morgan fingerprint density at radius 1 is 0.966 bits per heavy atom. The van der Waals surface area contributed by atoms with Gasteiger partial charge in [-0.2, -0.15) is 0 Å². The highest BCUT2D eigenvalue weighted by molar-refractivity contribution is 5.88. The van der Waals surface area contributed by atoms with E-state index in [4.69, 9.17) is 4.74 Å². The van der Waals surface area contributed by atoms with Crippen LogP contribution in [0.25, 0.3) is 0 Å². The third-order valence-corrected chi connectivity index (χ3v) is 5.10. The van der Waals surface area contributed by atoms with Crippen molar-refractivity contribution >= 4 is 11.8 Å². The molecular weight excluding hydrogens is 364 g/mol. The van der Waals surface area contributed by atoms with Crippen molar-refractivity contribution in [1.29, 1.82) is 0 Å². The number of methoxy groups -OCH3 is 1. The Bertz CT molecular complexity index is 774. The Labute approximate surface area is 174 Å². The van der Waals surface area contributed by atoms with Crippen molar-refractivity contribution in [3.63, 3.8) is 0 Å². The molecule has 2 aromatic carbocycles. The minimum absolute atomic E-state index is 0.0647. The Morgan fingerprint density at radius 3 is 2.17 bits per heavy atom. The lowest BCUT2D eigenvalue weighted by Gasteiger charge is -2.31. The number of nitrogens with one attached hydrogen (secondary N) is 1. The van der Waals surface area contributed by atoms with Crippen molar-refractivity contribution in [1.82, 2.24) is 10.2 Å². The second-order valence-electron chi connectivity index (χ2n) is 7.27. The zero-order valence-electron chi connectivity index (χ0n) is 17.9. The Balaban J connectivity index is 2.24. The molecule has 0 bridgehead atoms. The number of hydrogen-bond donors (Lipinski definition) is 1. The van der Waals surface area contributed by atoms with Gasteiger partial charge in [0.05, 0.1) is 13.5 Å². The van der Waals surface area contributed by atoms with Gasteiger partial charge in [-0.3, -0.25) is 9.59 Å². The normalized spacial score (nSPS) is 12.7. The van der Waals surface area contributed by atoms with E-state index >= 15 is 0 Å². The molecule has 2 rings (SSSR count). The van der Waals surface area contributed by atoms with Crippen LogP contribution in [0.1, 0.15) is 44.7 Å². The van der Waals surface area contributed by atoms with Crippen LogP contribution < -0.4 is 10.1 Å². The fraction of sp³-hybridized carbons (Fsp3) is 0.417. The Hall–Kier alpha value is -2.82. The highest BCUT2D eigenvalue weighted by Crippen LogP contribution is 2.17. The fourth-order valence-electron chi connectivity index (χ4n) is 3.16. The van der Waals surface area contributed by atoms with Crippen molar-refractivity contribution in [2.24, 2.45) is 0 Å². The first-order valence-corrected chi connectivity index (χ1v) is 10.2. The molecule has 0 saturated carbocycles. The van der Waals surface area contributed by atoms with Crippen LogP contribution in [0, 0.1) is 0 Å². The summed E-state index contributed by atoms with van der Waals surface area (Å²) in [5.41, 5.74) is 1.90. The molecule has 1 N–H and O–H groups in total. The van der Waals surface area contributed by atoms with Gasteiger partial charge in [-0.15, -0.1) is 0 Å². The van der Waals surface area contributed by atoms with Crippen molar-refractivity contribution in [3.05, 3.63) is 65.7 Å². The molecule has 2 unspecified atom stereocenters. The highest BCUT2D eigenvalue weighted by atomic mass is 16.5. The van der Waals surface area contributed by atoms with Crippen LogP contribution in [-0.4, -0.2) is 35.9 Å². The third kappa shape index (κ3) is 6.63. The number of nitrogens with zero attached hydrogens (tertiary/aromatic N) is 1. The Morgan fingerprint density at radius 2 is 1.62 bits per heavy atom. The predicted octanol–water partition coefficient (Wildman–Crippen LogP) is 3.96. The number of ether oxygens (including phenoxy) is 1. The lowest BCUT2D eigenvalue weighted by atomic mass is 10.1. The molecular formula is C24H32N2O3. The van der Waals surface area contributed by atoms with Crippen LogP contribution in [0.4, 0.5) is 0 Å². The maximum absolute atomic E-state index is 13.2. The van der Waals surface area contributed by atoms with Gasteiger partial charge in [0.25, 0.3) is 0 Å². The molecule has 0 aliphatic carbocycles. The van der Waals surface area contributed by atoms with E-state index in [1.807, 2.05) is 75.4 Å². The largest absolute Gasteiger partial charge is 0.497 e. The second kappa shape index (κ2) is 11.2. The molecule has 0 spiro atoms. The van der Waals surface area contributed by atoms with Crippen LogP contribution in [0.5, 0.6) is 5.75 Å². The number of carbonyl (C=O) groups is 2. The van der Waals surface area contributed by atoms with E-state index in [9.17, 15) is 9.59 Å². The molecule has 2 amide bonds. The summed E-state index contributed by atoms with van der Waals surface area (Å²) < 4.78 is 5.19. The summed E-state index contributed by atoms with van der Waals surface area (Å²) in [6, 6.07) is 16.8. The summed E-state index contributed by atoms with van der Waals surface area (Å²) in [7, 11) is 1.61. The quantitative estimate of drug-likeness (QED) is 0.661. The lowest BCUT2D eigenvalue weighted by molar-refractivity contribution is -0.141. The topological polar surface area (TPSA) is 58.6 Å². The average Bonchev–Trinajstić information content (AvgIpc) is 2.74. The van der Waals surface area contributed by atoms with Gasteiger partial charge in [-0.1, -0.05) is 56.3 Å². The minimum atomic E-state index is -0.505. The first-order valence-electron chi connectivity index (χ1n) is 10.2. The minimum Gasteiger partial charge on any atom is -0.497 e. The first-order chi connectivity index (χ1) is 14.0. The fourth-order valence-corrected chi connectivity index (χ4v) is 3.16. The number of amides is 2. The monoisotopic (exact) mass is 396 g/mol. The van der Waals surface area contributed by atoms with Crippen molar-refractivity contribution < 1.29 is 14.3 Å². The molecule has 0 heterocycles. The predicted molar refractivity (Wildman–Crippen MR) is 116 cm³/mol. The maximum atomic E-state index is 13.2. The Kier molecular flexibility index (Phi) is 8.71. The molecule has 2 atom stereocenters. The van der Waals surface area contributed by atoms with E-state index in [1.54, 1.807) is 12.0 Å². The standard InChI is InChI=1S/C24H32N2O3/c1-5-18(3)25-24(28)22(6-2)26(17-20-10-8-7-9-11-20)23(27)16-19-12-14-21(29-4)15-13-19/h7-15,18,22H,5-6,16-17H2,1-4H3,(H,25,28). The first kappa shape index (κ1) is 22.5. The number of carbonyl (C=O) groups excluding carboxylic acids is 2.